The Bertz CT molecular complexity index is 1360. The number of benzene rings is 3. The van der Waals surface area contributed by atoms with E-state index in [2.05, 4.69) is 0 Å². The monoisotopic (exact) mass is 411 g/mol. The van der Waals surface area contributed by atoms with Crippen molar-refractivity contribution in [1.29, 1.82) is 0 Å². The van der Waals surface area contributed by atoms with Crippen LogP contribution < -0.4 is 10.4 Å². The largest absolute Gasteiger partial charge is 0.453 e. The van der Waals surface area contributed by atoms with Gasteiger partial charge in [-0.15, -0.1) is 0 Å². The smallest absolute Gasteiger partial charge is 0.344 e. The van der Waals surface area contributed by atoms with Crippen LogP contribution in [-0.2, 0) is 0 Å². The molecule has 0 saturated carbocycles. The third-order valence-electron chi connectivity index (χ3n) is 5.43. The van der Waals surface area contributed by atoms with Gasteiger partial charge in [0.2, 0.25) is 0 Å². The molecule has 31 heavy (non-hydrogen) atoms. The molecule has 5 rings (SSSR count). The molecule has 0 aliphatic carbocycles. The lowest BCUT2D eigenvalue weighted by Gasteiger charge is -2.30. The van der Waals surface area contributed by atoms with Crippen LogP contribution in [-0.4, -0.2) is 11.0 Å². The molecule has 0 radical (unpaired) electrons. The third-order valence-corrected chi connectivity index (χ3v) is 5.43. The van der Waals surface area contributed by atoms with Crippen molar-refractivity contribution in [1.82, 2.24) is 0 Å². The van der Waals surface area contributed by atoms with E-state index < -0.39 is 22.5 Å². The zero-order chi connectivity index (χ0) is 21.4. The third kappa shape index (κ3) is 3.28. The quantitative estimate of drug-likeness (QED) is 0.269. The van der Waals surface area contributed by atoms with E-state index in [1.165, 1.54) is 0 Å². The minimum atomic E-state index is -1.28. The van der Waals surface area contributed by atoms with Crippen molar-refractivity contribution in [3.8, 4) is 5.75 Å². The van der Waals surface area contributed by atoms with Crippen molar-refractivity contribution in [2.45, 2.75) is 12.0 Å². The van der Waals surface area contributed by atoms with E-state index in [4.69, 9.17) is 9.15 Å². The van der Waals surface area contributed by atoms with Crippen LogP contribution >= 0.6 is 0 Å². The summed E-state index contributed by atoms with van der Waals surface area (Å²) in [7, 11) is 0. The second-order valence-corrected chi connectivity index (χ2v) is 7.31. The molecule has 4 aromatic rings. The molecule has 0 unspecified atom stereocenters. The van der Waals surface area contributed by atoms with Crippen molar-refractivity contribution in [3.63, 3.8) is 0 Å². The second kappa shape index (κ2) is 7.57. The number of rotatable bonds is 3. The standard InChI is InChI=1S/C25H17NO5/c27-25-22-21(17-11-5-2-6-12-17)23(26(28)29)20(15-16-9-3-1-4-10-16)30-24(22)18-13-7-8-14-19(18)31-25/h1-15,21,23H/b20-15-/t21-,23-/m0/s1. The highest BCUT2D eigenvalue weighted by Crippen LogP contribution is 2.45. The van der Waals surface area contributed by atoms with Crippen molar-refractivity contribution < 1.29 is 14.1 Å². The summed E-state index contributed by atoms with van der Waals surface area (Å²) in [6, 6.07) is 24.0. The summed E-state index contributed by atoms with van der Waals surface area (Å²) in [5.41, 5.74) is 1.32. The lowest BCUT2D eigenvalue weighted by Crippen LogP contribution is -2.39. The molecule has 3 aromatic carbocycles. The van der Waals surface area contributed by atoms with E-state index in [0.29, 0.717) is 22.3 Å². The normalized spacial score (nSPS) is 19.0. The van der Waals surface area contributed by atoms with Crippen molar-refractivity contribution in [3.05, 3.63) is 128 Å². The van der Waals surface area contributed by atoms with Gasteiger partial charge in [0.25, 0.3) is 6.04 Å². The topological polar surface area (TPSA) is 82.6 Å². The summed E-state index contributed by atoms with van der Waals surface area (Å²) in [6.07, 6.45) is 1.66. The first-order valence-corrected chi connectivity index (χ1v) is 9.82. The van der Waals surface area contributed by atoms with Crippen molar-refractivity contribution >= 4 is 17.0 Å². The summed E-state index contributed by atoms with van der Waals surface area (Å²) in [4.78, 5) is 24.9. The van der Waals surface area contributed by atoms with Gasteiger partial charge in [-0.25, -0.2) is 4.79 Å². The Morgan fingerprint density at radius 2 is 1.52 bits per heavy atom. The molecule has 0 bridgehead atoms. The molecule has 1 aliphatic rings. The molecule has 0 amide bonds. The minimum Gasteiger partial charge on any atom is -0.453 e. The zero-order valence-corrected chi connectivity index (χ0v) is 16.3. The first kappa shape index (κ1) is 18.8. The van der Waals surface area contributed by atoms with Gasteiger partial charge in [-0.3, -0.25) is 10.1 Å². The van der Waals surface area contributed by atoms with Gasteiger partial charge >= 0.3 is 5.63 Å². The predicted octanol–water partition coefficient (Wildman–Crippen LogP) is 5.00. The van der Waals surface area contributed by atoms with Gasteiger partial charge in [0.05, 0.1) is 16.9 Å². The molecule has 1 aliphatic heterocycles. The summed E-state index contributed by atoms with van der Waals surface area (Å²) < 4.78 is 11.6. The molecule has 0 saturated heterocycles. The fraction of sp³-hybridized carbons (Fsp3) is 0.0800. The summed E-state index contributed by atoms with van der Waals surface area (Å²) in [5, 5.41) is 12.9. The highest BCUT2D eigenvalue weighted by Gasteiger charge is 2.47. The SMILES string of the molecule is O=c1oc2ccccc2c2c1[C@H](c1ccccc1)[C@@H]([N+](=O)[O-])/C(=C/c1ccccc1)O2. The summed E-state index contributed by atoms with van der Waals surface area (Å²) in [5.74, 6) is -0.370. The van der Waals surface area contributed by atoms with Crippen LogP contribution in [0.5, 0.6) is 5.75 Å². The van der Waals surface area contributed by atoms with Gasteiger partial charge in [-0.2, -0.15) is 0 Å². The van der Waals surface area contributed by atoms with E-state index in [1.54, 1.807) is 48.5 Å². The summed E-state index contributed by atoms with van der Waals surface area (Å²) in [6.45, 7) is 0. The molecule has 0 N–H and O–H groups in total. The average molecular weight is 411 g/mol. The first-order chi connectivity index (χ1) is 15.1. The summed E-state index contributed by atoms with van der Waals surface area (Å²) >= 11 is 0. The van der Waals surface area contributed by atoms with E-state index in [9.17, 15) is 14.9 Å². The Morgan fingerprint density at radius 3 is 2.23 bits per heavy atom. The molecule has 2 atom stereocenters. The Balaban J connectivity index is 1.84. The zero-order valence-electron chi connectivity index (χ0n) is 16.3. The Morgan fingerprint density at radius 1 is 0.871 bits per heavy atom. The fourth-order valence-electron chi connectivity index (χ4n) is 4.08. The minimum absolute atomic E-state index is 0.164. The molecule has 0 spiro atoms. The molecule has 6 heteroatoms. The molecule has 1 aromatic heterocycles. The lowest BCUT2D eigenvalue weighted by atomic mass is 9.82. The average Bonchev–Trinajstić information content (AvgIpc) is 2.79. The number of para-hydroxylation sites is 1. The van der Waals surface area contributed by atoms with Crippen molar-refractivity contribution in [2.75, 3.05) is 0 Å². The van der Waals surface area contributed by atoms with Crippen molar-refractivity contribution in [2.24, 2.45) is 0 Å². The van der Waals surface area contributed by atoms with E-state index >= 15 is 0 Å². The number of nitro groups is 1. The maximum atomic E-state index is 13.0. The van der Waals surface area contributed by atoms with Crippen LogP contribution in [0, 0.1) is 10.1 Å². The van der Waals surface area contributed by atoms with Crippen LogP contribution in [0.15, 0.2) is 99.9 Å². The number of ether oxygens (including phenoxy) is 1. The number of fused-ring (bicyclic) bond motifs is 3. The van der Waals surface area contributed by atoms with E-state index in [0.717, 1.165) is 5.56 Å². The van der Waals surface area contributed by atoms with Crippen LogP contribution in [0.1, 0.15) is 22.6 Å². The van der Waals surface area contributed by atoms with Gasteiger partial charge < -0.3 is 9.15 Å². The van der Waals surface area contributed by atoms with E-state index in [1.807, 2.05) is 42.5 Å². The predicted molar refractivity (Wildman–Crippen MR) is 117 cm³/mol. The Hall–Kier alpha value is -4.19. The highest BCUT2D eigenvalue weighted by atomic mass is 16.6. The fourth-order valence-corrected chi connectivity index (χ4v) is 4.08. The van der Waals surface area contributed by atoms with E-state index in [-0.39, 0.29) is 11.3 Å². The Labute approximate surface area is 177 Å². The van der Waals surface area contributed by atoms with Gasteiger partial charge in [-0.05, 0) is 29.3 Å². The van der Waals surface area contributed by atoms with Gasteiger partial charge in [0, 0.05) is 4.92 Å². The van der Waals surface area contributed by atoms with Crippen LogP contribution in [0.2, 0.25) is 0 Å². The first-order valence-electron chi connectivity index (χ1n) is 9.82. The molecule has 2 heterocycles. The van der Waals surface area contributed by atoms with Crippen LogP contribution in [0.25, 0.3) is 17.0 Å². The number of hydrogen-bond acceptors (Lipinski definition) is 5. The molecule has 0 fully saturated rings. The Kier molecular flexibility index (Phi) is 4.59. The van der Waals surface area contributed by atoms with Crippen LogP contribution in [0.3, 0.4) is 0 Å². The molecule has 6 nitrogen and oxygen atoms in total. The van der Waals surface area contributed by atoms with Crippen LogP contribution in [0.4, 0.5) is 0 Å². The number of nitrogens with zero attached hydrogens (tertiary/aromatic N) is 1. The highest BCUT2D eigenvalue weighted by molar-refractivity contribution is 5.85. The second-order valence-electron chi connectivity index (χ2n) is 7.31. The molecular formula is C25H17NO5. The van der Waals surface area contributed by atoms with Gasteiger partial charge in [0.15, 0.2) is 5.76 Å². The molecule has 152 valence electrons. The molecular weight excluding hydrogens is 394 g/mol. The lowest BCUT2D eigenvalue weighted by molar-refractivity contribution is -0.519. The maximum absolute atomic E-state index is 13.0. The maximum Gasteiger partial charge on any atom is 0.344 e. The number of hydrogen-bond donors (Lipinski definition) is 0. The van der Waals surface area contributed by atoms with Gasteiger partial charge in [-0.1, -0.05) is 72.8 Å². The van der Waals surface area contributed by atoms with Gasteiger partial charge in [0.1, 0.15) is 11.3 Å².